The first-order valence-electron chi connectivity index (χ1n) is 9.98. The van der Waals surface area contributed by atoms with Crippen LogP contribution in [0.4, 0.5) is 10.3 Å². The van der Waals surface area contributed by atoms with Crippen molar-refractivity contribution in [2.75, 3.05) is 32.0 Å². The molecule has 0 atom stereocenters. The van der Waals surface area contributed by atoms with Crippen molar-refractivity contribution in [2.24, 2.45) is 5.92 Å². The SMILES string of the molecule is Cc1cn2cc(-c3c[nH]c4nc(NCC5CCN(C)CC5)ncc34)cc(F)c2n1. The van der Waals surface area contributed by atoms with Gasteiger partial charge in [0, 0.05) is 47.8 Å². The first-order chi connectivity index (χ1) is 14.1. The largest absolute Gasteiger partial charge is 0.354 e. The molecule has 0 saturated carbocycles. The predicted octanol–water partition coefficient (Wildman–Crippen LogP) is 3.47. The molecule has 0 unspecified atom stereocenters. The molecule has 2 N–H and O–H groups in total. The van der Waals surface area contributed by atoms with Gasteiger partial charge in [0.2, 0.25) is 5.95 Å². The van der Waals surface area contributed by atoms with E-state index in [0.717, 1.165) is 47.5 Å². The second-order valence-electron chi connectivity index (χ2n) is 7.98. The van der Waals surface area contributed by atoms with Crippen molar-refractivity contribution in [3.05, 3.63) is 42.4 Å². The van der Waals surface area contributed by atoms with E-state index in [-0.39, 0.29) is 5.82 Å². The summed E-state index contributed by atoms with van der Waals surface area (Å²) in [4.78, 5) is 18.9. The fourth-order valence-electron chi connectivity index (χ4n) is 4.06. The van der Waals surface area contributed by atoms with Gasteiger partial charge in [0.05, 0.1) is 5.69 Å². The van der Waals surface area contributed by atoms with Gasteiger partial charge in [0.25, 0.3) is 0 Å². The molecule has 1 fully saturated rings. The maximum Gasteiger partial charge on any atom is 0.224 e. The number of nitrogens with one attached hydrogen (secondary N) is 2. The summed E-state index contributed by atoms with van der Waals surface area (Å²) >= 11 is 0. The number of pyridine rings is 1. The highest BCUT2D eigenvalue weighted by Crippen LogP contribution is 2.29. The number of likely N-dealkylation sites (tertiary alicyclic amines) is 1. The van der Waals surface area contributed by atoms with E-state index >= 15 is 0 Å². The zero-order chi connectivity index (χ0) is 20.0. The van der Waals surface area contributed by atoms with E-state index in [1.165, 1.54) is 18.9 Å². The molecule has 0 aliphatic carbocycles. The van der Waals surface area contributed by atoms with Crippen LogP contribution in [0.2, 0.25) is 0 Å². The first-order valence-corrected chi connectivity index (χ1v) is 9.98. The van der Waals surface area contributed by atoms with E-state index < -0.39 is 0 Å². The summed E-state index contributed by atoms with van der Waals surface area (Å²) in [6.07, 6.45) is 9.74. The van der Waals surface area contributed by atoms with Gasteiger partial charge in [-0.3, -0.25) is 0 Å². The van der Waals surface area contributed by atoms with Crippen molar-refractivity contribution < 1.29 is 4.39 Å². The smallest absolute Gasteiger partial charge is 0.224 e. The first kappa shape index (κ1) is 18.1. The van der Waals surface area contributed by atoms with Crippen molar-refractivity contribution >= 4 is 22.6 Å². The summed E-state index contributed by atoms with van der Waals surface area (Å²) in [6.45, 7) is 5.02. The topological polar surface area (TPSA) is 74.1 Å². The average Bonchev–Trinajstić information content (AvgIpc) is 3.30. The van der Waals surface area contributed by atoms with Crippen LogP contribution in [0.3, 0.4) is 0 Å². The Morgan fingerprint density at radius 2 is 2.07 bits per heavy atom. The molecular formula is C21H24FN7. The number of hydrogen-bond donors (Lipinski definition) is 2. The van der Waals surface area contributed by atoms with E-state index in [1.54, 1.807) is 10.6 Å². The van der Waals surface area contributed by atoms with Crippen molar-refractivity contribution in [1.82, 2.24) is 29.2 Å². The molecular weight excluding hydrogens is 369 g/mol. The Hall–Kier alpha value is -3.00. The number of aromatic nitrogens is 5. The third kappa shape index (κ3) is 3.44. The molecule has 0 radical (unpaired) electrons. The van der Waals surface area contributed by atoms with Gasteiger partial charge >= 0.3 is 0 Å². The Bertz CT molecular complexity index is 1170. The monoisotopic (exact) mass is 393 g/mol. The molecule has 4 aromatic rings. The predicted molar refractivity (Wildman–Crippen MR) is 111 cm³/mol. The van der Waals surface area contributed by atoms with Gasteiger partial charge in [-0.1, -0.05) is 0 Å². The van der Waals surface area contributed by atoms with Gasteiger partial charge < -0.3 is 19.6 Å². The fraction of sp³-hybridized carbons (Fsp3) is 0.381. The fourth-order valence-corrected chi connectivity index (χ4v) is 4.06. The highest BCUT2D eigenvalue weighted by molar-refractivity contribution is 5.93. The lowest BCUT2D eigenvalue weighted by Crippen LogP contribution is -2.33. The van der Waals surface area contributed by atoms with Gasteiger partial charge in [0.1, 0.15) is 5.65 Å². The standard InChI is InChI=1S/C21H24FN7/c1-13-11-29-12-15(7-18(22)20(29)26-13)16-9-23-19-17(16)10-25-21(27-19)24-8-14-3-5-28(2)6-4-14/h7,9-12,14H,3-6,8H2,1-2H3,(H2,23,24,25,27). The number of piperidine rings is 1. The third-order valence-corrected chi connectivity index (χ3v) is 5.76. The van der Waals surface area contributed by atoms with E-state index in [9.17, 15) is 4.39 Å². The number of halogens is 1. The molecule has 0 spiro atoms. The number of aromatic amines is 1. The number of rotatable bonds is 4. The Kier molecular flexibility index (Phi) is 4.43. The zero-order valence-electron chi connectivity index (χ0n) is 16.6. The van der Waals surface area contributed by atoms with Crippen LogP contribution in [0.25, 0.3) is 27.8 Å². The minimum atomic E-state index is -0.345. The number of fused-ring (bicyclic) bond motifs is 2. The Labute approximate surface area is 168 Å². The Balaban J connectivity index is 1.39. The molecule has 5 rings (SSSR count). The number of imidazole rings is 1. The summed E-state index contributed by atoms with van der Waals surface area (Å²) in [5.74, 6) is 0.928. The van der Waals surface area contributed by atoms with Crippen LogP contribution in [-0.4, -0.2) is 55.9 Å². The second-order valence-corrected chi connectivity index (χ2v) is 7.98. The van der Waals surface area contributed by atoms with E-state index in [0.29, 0.717) is 17.5 Å². The molecule has 5 heterocycles. The zero-order valence-corrected chi connectivity index (χ0v) is 16.6. The van der Waals surface area contributed by atoms with Crippen molar-refractivity contribution in [3.8, 4) is 11.1 Å². The van der Waals surface area contributed by atoms with Gasteiger partial charge in [-0.05, 0) is 51.9 Å². The number of hydrogen-bond acceptors (Lipinski definition) is 5. The molecule has 0 aromatic carbocycles. The van der Waals surface area contributed by atoms with E-state index in [1.807, 2.05) is 25.5 Å². The highest BCUT2D eigenvalue weighted by Gasteiger charge is 2.17. The molecule has 0 bridgehead atoms. The molecule has 150 valence electrons. The number of anilines is 1. The van der Waals surface area contributed by atoms with E-state index in [2.05, 4.69) is 37.2 Å². The van der Waals surface area contributed by atoms with Crippen LogP contribution in [0.5, 0.6) is 0 Å². The molecule has 7 nitrogen and oxygen atoms in total. The number of aryl methyl sites for hydroxylation is 1. The number of H-pyrrole nitrogens is 1. The maximum atomic E-state index is 14.5. The minimum Gasteiger partial charge on any atom is -0.354 e. The summed E-state index contributed by atoms with van der Waals surface area (Å²) < 4.78 is 16.2. The van der Waals surface area contributed by atoms with Crippen molar-refractivity contribution in [3.63, 3.8) is 0 Å². The van der Waals surface area contributed by atoms with E-state index in [4.69, 9.17) is 0 Å². The summed E-state index contributed by atoms with van der Waals surface area (Å²) in [5, 5.41) is 4.24. The summed E-state index contributed by atoms with van der Waals surface area (Å²) in [7, 11) is 2.17. The van der Waals surface area contributed by atoms with Crippen molar-refractivity contribution in [2.45, 2.75) is 19.8 Å². The van der Waals surface area contributed by atoms with Gasteiger partial charge in [-0.15, -0.1) is 0 Å². The lowest BCUT2D eigenvalue weighted by molar-refractivity contribution is 0.226. The normalized spacial score (nSPS) is 16.1. The molecule has 8 heteroatoms. The van der Waals surface area contributed by atoms with Gasteiger partial charge in [-0.2, -0.15) is 4.98 Å². The lowest BCUT2D eigenvalue weighted by atomic mass is 9.97. The van der Waals surface area contributed by atoms with Crippen molar-refractivity contribution in [1.29, 1.82) is 0 Å². The maximum absolute atomic E-state index is 14.5. The number of nitrogens with zero attached hydrogens (tertiary/aromatic N) is 5. The molecule has 1 aliphatic rings. The summed E-state index contributed by atoms with van der Waals surface area (Å²) in [5.41, 5.74) is 3.48. The van der Waals surface area contributed by atoms with Crippen LogP contribution >= 0.6 is 0 Å². The summed E-state index contributed by atoms with van der Waals surface area (Å²) in [6, 6.07) is 1.51. The Morgan fingerprint density at radius 3 is 2.90 bits per heavy atom. The van der Waals surface area contributed by atoms with Crippen LogP contribution in [0.15, 0.2) is 30.9 Å². The molecule has 0 amide bonds. The molecule has 4 aromatic heterocycles. The highest BCUT2D eigenvalue weighted by atomic mass is 19.1. The lowest BCUT2D eigenvalue weighted by Gasteiger charge is -2.28. The van der Waals surface area contributed by atoms with Crippen LogP contribution in [0.1, 0.15) is 18.5 Å². The Morgan fingerprint density at radius 1 is 1.24 bits per heavy atom. The van der Waals surface area contributed by atoms with Crippen LogP contribution in [-0.2, 0) is 0 Å². The van der Waals surface area contributed by atoms with Crippen LogP contribution in [0, 0.1) is 18.7 Å². The molecule has 29 heavy (non-hydrogen) atoms. The quantitative estimate of drug-likeness (QED) is 0.555. The van der Waals surface area contributed by atoms with Crippen LogP contribution < -0.4 is 5.32 Å². The van der Waals surface area contributed by atoms with Gasteiger partial charge in [-0.25, -0.2) is 14.4 Å². The third-order valence-electron chi connectivity index (χ3n) is 5.76. The second kappa shape index (κ2) is 7.11. The molecule has 1 saturated heterocycles. The van der Waals surface area contributed by atoms with Gasteiger partial charge in [0.15, 0.2) is 11.5 Å². The minimum absolute atomic E-state index is 0.336. The molecule has 1 aliphatic heterocycles. The average molecular weight is 393 g/mol.